The Kier molecular flexibility index (Phi) is 11.6. The number of hydrogen-bond donors (Lipinski definition) is 1. The average Bonchev–Trinajstić information content (AvgIpc) is 3.34. The number of ether oxygens (including phenoxy) is 1. The fourth-order valence-electron chi connectivity index (χ4n) is 2.32. The van der Waals surface area contributed by atoms with E-state index in [-0.39, 0.29) is 49.6 Å². The molecule has 1 heterocycles. The second-order valence-electron chi connectivity index (χ2n) is 8.02. The maximum absolute atomic E-state index is 10.2. The zero-order chi connectivity index (χ0) is 19.2. The molecular formula is C22H31FeNO2Se+2. The smallest absolute Gasteiger partial charge is 0.0312 e. The molecule has 3 nitrogen and oxygen atoms in total. The van der Waals surface area contributed by atoms with Gasteiger partial charge in [-0.2, -0.15) is 0 Å². The number of nitrogens with zero attached hydrogens (tertiary/aromatic N) is 1. The van der Waals surface area contributed by atoms with E-state index in [0.29, 0.717) is 12.5 Å². The first kappa shape index (κ1) is 25.5. The summed E-state index contributed by atoms with van der Waals surface area (Å²) in [5, 5.41) is 11.0. The van der Waals surface area contributed by atoms with Crippen LogP contribution in [0.3, 0.4) is 0 Å². The summed E-state index contributed by atoms with van der Waals surface area (Å²) < 4.78 is 5.78. The molecule has 0 aromatic carbocycles. The topological polar surface area (TPSA) is 41.8 Å². The molecule has 2 fully saturated rings. The molecule has 1 N–H and O–H groups in total. The van der Waals surface area contributed by atoms with Crippen molar-refractivity contribution in [1.29, 1.82) is 0 Å². The van der Waals surface area contributed by atoms with Crippen molar-refractivity contribution in [3.63, 3.8) is 0 Å². The van der Waals surface area contributed by atoms with Crippen LogP contribution in [0.1, 0.15) is 34.6 Å². The van der Waals surface area contributed by atoms with E-state index in [0.717, 1.165) is 17.1 Å². The third kappa shape index (κ3) is 8.39. The zero-order valence-electron chi connectivity index (χ0n) is 16.8. The summed E-state index contributed by atoms with van der Waals surface area (Å²) in [6.07, 6.45) is 16.0. The van der Waals surface area contributed by atoms with Crippen LogP contribution in [0.15, 0.2) is 4.99 Å². The van der Waals surface area contributed by atoms with Crippen molar-refractivity contribution in [3.8, 4) is 0 Å². The Hall–Kier alpha value is 0.469. The van der Waals surface area contributed by atoms with Gasteiger partial charge >= 0.3 is 153 Å². The van der Waals surface area contributed by atoms with Gasteiger partial charge in [-0.25, -0.2) is 0 Å². The molecule has 0 aromatic heterocycles. The van der Waals surface area contributed by atoms with Crippen LogP contribution >= 0.6 is 0 Å². The van der Waals surface area contributed by atoms with Crippen LogP contribution in [0.4, 0.5) is 0 Å². The SMILES string of the molecule is CC(C)[C@H]1COC([C]2[CH][CH][CH][C]2[Se]CC(O)C(C)(C)C)=N1.[CH]1[CH][CH][CH][CH]1.[Fe+2]. The summed E-state index contributed by atoms with van der Waals surface area (Å²) in [6.45, 7) is 11.3. The average molecular weight is 476 g/mol. The van der Waals surface area contributed by atoms with Gasteiger partial charge in [-0.15, -0.1) is 0 Å². The van der Waals surface area contributed by atoms with E-state index in [9.17, 15) is 5.11 Å². The van der Waals surface area contributed by atoms with Gasteiger partial charge in [0.25, 0.3) is 0 Å². The maximum Gasteiger partial charge on any atom is 2.00 e. The Labute approximate surface area is 184 Å². The van der Waals surface area contributed by atoms with Gasteiger partial charge in [-0.05, 0) is 32.1 Å². The first-order chi connectivity index (χ1) is 12.3. The quantitative estimate of drug-likeness (QED) is 0.615. The van der Waals surface area contributed by atoms with Crippen LogP contribution in [0.5, 0.6) is 0 Å². The van der Waals surface area contributed by atoms with Crippen LogP contribution in [-0.2, 0) is 21.8 Å². The number of aliphatic imine (C=N–C) groups is 1. The Morgan fingerprint density at radius 1 is 1.11 bits per heavy atom. The van der Waals surface area contributed by atoms with Crippen molar-refractivity contribution in [2.24, 2.45) is 16.3 Å². The van der Waals surface area contributed by atoms with Gasteiger partial charge in [0.2, 0.25) is 0 Å². The van der Waals surface area contributed by atoms with E-state index in [2.05, 4.69) is 53.9 Å². The third-order valence-electron chi connectivity index (χ3n) is 4.40. The molecule has 10 radical (unpaired) electrons. The van der Waals surface area contributed by atoms with E-state index in [1.165, 1.54) is 4.82 Å². The fourth-order valence-corrected chi connectivity index (χ4v) is 5.10. The zero-order valence-corrected chi connectivity index (χ0v) is 19.6. The van der Waals surface area contributed by atoms with E-state index < -0.39 is 0 Å². The fraction of sp³-hybridized carbons (Fsp3) is 0.500. The number of aliphatic hydroxyl groups is 1. The van der Waals surface area contributed by atoms with Gasteiger partial charge in [-0.1, -0.05) is 0 Å². The monoisotopic (exact) mass is 477 g/mol. The van der Waals surface area contributed by atoms with Gasteiger partial charge in [0, 0.05) is 0 Å². The first-order valence-corrected chi connectivity index (χ1v) is 11.3. The predicted molar refractivity (Wildman–Crippen MR) is 109 cm³/mol. The van der Waals surface area contributed by atoms with Crippen molar-refractivity contribution < 1.29 is 26.9 Å². The molecule has 1 unspecified atom stereocenters. The van der Waals surface area contributed by atoms with Crippen molar-refractivity contribution in [2.45, 2.75) is 52.1 Å². The van der Waals surface area contributed by atoms with Gasteiger partial charge in [0.1, 0.15) is 0 Å². The third-order valence-corrected chi connectivity index (χ3v) is 6.81. The molecular weight excluding hydrogens is 445 g/mol. The van der Waals surface area contributed by atoms with E-state index in [1.54, 1.807) is 0 Å². The number of aliphatic hydroxyl groups excluding tert-OH is 1. The van der Waals surface area contributed by atoms with Gasteiger partial charge in [0.05, 0.1) is 0 Å². The van der Waals surface area contributed by atoms with Gasteiger partial charge < -0.3 is 0 Å². The molecule has 0 amide bonds. The molecule has 1 aliphatic heterocycles. The molecule has 2 saturated carbocycles. The van der Waals surface area contributed by atoms with Crippen LogP contribution in [0.25, 0.3) is 0 Å². The summed E-state index contributed by atoms with van der Waals surface area (Å²) in [4.78, 5) is 5.99. The second kappa shape index (κ2) is 12.2. The minimum absolute atomic E-state index is 0. The summed E-state index contributed by atoms with van der Waals surface area (Å²) >= 11 is 0.243. The minimum atomic E-state index is -0.268. The normalized spacial score (nSPS) is 24.9. The molecule has 5 heteroatoms. The summed E-state index contributed by atoms with van der Waals surface area (Å²) in [7, 11) is 0. The van der Waals surface area contributed by atoms with Gasteiger partial charge in [-0.3, -0.25) is 0 Å². The van der Waals surface area contributed by atoms with E-state index >= 15 is 0 Å². The van der Waals surface area contributed by atoms with Crippen LogP contribution in [0, 0.1) is 73.4 Å². The van der Waals surface area contributed by atoms with Gasteiger partial charge in [0.15, 0.2) is 0 Å². The second-order valence-corrected chi connectivity index (χ2v) is 10.2. The van der Waals surface area contributed by atoms with Crippen molar-refractivity contribution in [2.75, 3.05) is 6.61 Å². The molecule has 2 aliphatic carbocycles. The summed E-state index contributed by atoms with van der Waals surface area (Å²) in [6, 6.07) is 0.274. The number of rotatable bonds is 5. The Morgan fingerprint density at radius 3 is 2.19 bits per heavy atom. The first-order valence-electron chi connectivity index (χ1n) is 9.23. The molecule has 27 heavy (non-hydrogen) atoms. The summed E-state index contributed by atoms with van der Waals surface area (Å²) in [5.74, 6) is 2.43. The van der Waals surface area contributed by atoms with Crippen LogP contribution in [-0.4, -0.2) is 44.7 Å². The van der Waals surface area contributed by atoms with Crippen LogP contribution in [0.2, 0.25) is 5.32 Å². The Balaban J connectivity index is 0.000000526. The molecule has 3 rings (SSSR count). The Bertz CT molecular complexity index is 438. The largest absolute Gasteiger partial charge is 2.00 e. The van der Waals surface area contributed by atoms with E-state index in [1.807, 2.05) is 32.1 Å². The molecule has 0 aromatic rings. The van der Waals surface area contributed by atoms with Crippen molar-refractivity contribution >= 4 is 20.9 Å². The van der Waals surface area contributed by atoms with Crippen LogP contribution < -0.4 is 0 Å². The van der Waals surface area contributed by atoms with Crippen molar-refractivity contribution in [3.05, 3.63) is 62.1 Å². The Morgan fingerprint density at radius 2 is 1.70 bits per heavy atom. The molecule has 2 atom stereocenters. The summed E-state index contributed by atoms with van der Waals surface area (Å²) in [5.41, 5.74) is -0.0569. The molecule has 0 saturated heterocycles. The molecule has 0 spiro atoms. The molecule has 3 aliphatic rings. The molecule has 0 bridgehead atoms. The number of hydrogen-bond acceptors (Lipinski definition) is 3. The minimum Gasteiger partial charge on any atom is -0.0312 e. The predicted octanol–water partition coefficient (Wildman–Crippen LogP) is 3.72. The van der Waals surface area contributed by atoms with Crippen molar-refractivity contribution in [1.82, 2.24) is 0 Å². The van der Waals surface area contributed by atoms with E-state index in [4.69, 9.17) is 9.73 Å². The standard InChI is InChI=1S/C17H26NO2Se.C5H5.Fe/c1-11(2)13-9-20-16(18-13)12-7-6-8-14(12)21-10-15(19)17(3,4)5;1-2-4-5-3-1;/h6-8,11,13,15,19H,9-10H2,1-5H3;1-5H;/q;;+2/t13-,15?;;/m1../s1. The maximum atomic E-state index is 10.2. The molecule has 148 valence electrons.